The van der Waals surface area contributed by atoms with E-state index >= 15 is 0 Å². The van der Waals surface area contributed by atoms with Crippen LogP contribution < -0.4 is 0 Å². The smallest absolute Gasteiger partial charge is 0.137 e. The maximum absolute atomic E-state index is 4.31. The molecule has 8 heteroatoms. The van der Waals surface area contributed by atoms with E-state index in [1.54, 1.807) is 46.2 Å². The van der Waals surface area contributed by atoms with E-state index in [-0.39, 0.29) is 0 Å². The highest BCUT2D eigenvalue weighted by Gasteiger charge is 2.10. The number of hydrogen-bond donors (Lipinski definition) is 0. The molecule has 2 heterocycles. The molecular weight excluding hydrogens is 413 g/mol. The first-order chi connectivity index (χ1) is 13.2. The summed E-state index contributed by atoms with van der Waals surface area (Å²) in [6, 6.07) is 16.8. The van der Waals surface area contributed by atoms with Gasteiger partial charge in [-0.05, 0) is 13.8 Å². The van der Waals surface area contributed by atoms with Crippen LogP contribution in [-0.2, 0) is 0 Å². The van der Waals surface area contributed by atoms with E-state index in [0.29, 0.717) is 0 Å². The molecule has 0 unspecified atom stereocenters. The maximum Gasteiger partial charge on any atom is 0.175 e. The fraction of sp³-hybridized carbons (Fsp3) is 0.158. The second-order valence-corrected chi connectivity index (χ2v) is 10.7. The van der Waals surface area contributed by atoms with Crippen LogP contribution in [0.25, 0.3) is 21.1 Å². The zero-order valence-corrected chi connectivity index (χ0v) is 18.0. The number of benzene rings is 2. The summed E-state index contributed by atoms with van der Waals surface area (Å²) < 4.78 is 1.95. The molecule has 4 rings (SSSR count). The number of hydrogen-bond acceptors (Lipinski definition) is 8. The van der Waals surface area contributed by atoms with Gasteiger partial charge in [0, 0.05) is 11.1 Å². The number of thioether (sulfide) groups is 2. The molecule has 0 aliphatic heterocycles. The third-order valence-electron chi connectivity index (χ3n) is 3.77. The highest BCUT2D eigenvalue weighted by atomic mass is 32.2. The quantitative estimate of drug-likeness (QED) is 0.270. The molecule has 0 fully saturated rings. The molecule has 0 aliphatic rings. The highest BCUT2D eigenvalue weighted by Crippen LogP contribution is 2.35. The van der Waals surface area contributed by atoms with Gasteiger partial charge in [-0.1, -0.05) is 106 Å². The first-order valence-electron chi connectivity index (χ1n) is 8.24. The third kappa shape index (κ3) is 4.76. The monoisotopic (exact) mass is 428 g/mol. The van der Waals surface area contributed by atoms with Crippen molar-refractivity contribution in [3.05, 3.63) is 59.7 Å². The predicted molar refractivity (Wildman–Crippen MR) is 117 cm³/mol. The van der Waals surface area contributed by atoms with Crippen LogP contribution in [0.2, 0.25) is 0 Å². The Bertz CT molecular complexity index is 939. The van der Waals surface area contributed by atoms with Crippen molar-refractivity contribution in [1.82, 2.24) is 20.4 Å². The minimum absolute atomic E-state index is 0.838. The molecule has 0 aliphatic carbocycles. The van der Waals surface area contributed by atoms with E-state index in [1.165, 1.54) is 11.1 Å². The van der Waals surface area contributed by atoms with E-state index in [9.17, 15) is 0 Å². The van der Waals surface area contributed by atoms with Crippen molar-refractivity contribution in [3.63, 3.8) is 0 Å². The van der Waals surface area contributed by atoms with Crippen molar-refractivity contribution in [2.45, 2.75) is 22.5 Å². The molecule has 0 amide bonds. The van der Waals surface area contributed by atoms with Crippen LogP contribution in [-0.4, -0.2) is 25.5 Å². The van der Waals surface area contributed by atoms with Crippen LogP contribution in [0.3, 0.4) is 0 Å². The highest BCUT2D eigenvalue weighted by molar-refractivity contribution is 8.17. The molecule has 2 aromatic heterocycles. The number of aryl methyl sites for hydroxylation is 2. The Labute approximate surface area is 174 Å². The lowest BCUT2D eigenvalue weighted by molar-refractivity contribution is 1.01. The van der Waals surface area contributed by atoms with Crippen molar-refractivity contribution < 1.29 is 0 Å². The SMILES string of the molecule is Cc1ccc(-c2nnc(SCSc3nnc(-c4ccc(C)cc4)s3)s2)cc1. The van der Waals surface area contributed by atoms with E-state index in [2.05, 4.69) is 82.8 Å². The molecule has 0 bridgehead atoms. The number of rotatable bonds is 6. The maximum atomic E-state index is 4.31. The summed E-state index contributed by atoms with van der Waals surface area (Å²) in [6.45, 7) is 4.17. The molecule has 0 N–H and O–H groups in total. The summed E-state index contributed by atoms with van der Waals surface area (Å²) in [7, 11) is 0. The van der Waals surface area contributed by atoms with Crippen molar-refractivity contribution in [3.8, 4) is 21.1 Å². The molecule has 4 nitrogen and oxygen atoms in total. The molecule has 27 heavy (non-hydrogen) atoms. The molecule has 0 spiro atoms. The van der Waals surface area contributed by atoms with Crippen LogP contribution in [0.5, 0.6) is 0 Å². The van der Waals surface area contributed by atoms with E-state index in [0.717, 1.165) is 34.9 Å². The fourth-order valence-electron chi connectivity index (χ4n) is 2.29. The Balaban J connectivity index is 1.34. The molecule has 0 saturated carbocycles. The Morgan fingerprint density at radius 1 is 0.630 bits per heavy atom. The first-order valence-corrected chi connectivity index (χ1v) is 11.8. The fourth-order valence-corrected chi connectivity index (χ4v) is 6.51. The van der Waals surface area contributed by atoms with Gasteiger partial charge in [-0.15, -0.1) is 20.4 Å². The van der Waals surface area contributed by atoms with Crippen molar-refractivity contribution in [2.24, 2.45) is 0 Å². The summed E-state index contributed by atoms with van der Waals surface area (Å²) in [5.41, 5.74) is 4.72. The van der Waals surface area contributed by atoms with Crippen LogP contribution in [0.4, 0.5) is 0 Å². The molecular formula is C19H16N4S4. The van der Waals surface area contributed by atoms with Gasteiger partial charge < -0.3 is 0 Å². The zero-order valence-electron chi connectivity index (χ0n) is 14.7. The second-order valence-electron chi connectivity index (χ2n) is 5.88. The lowest BCUT2D eigenvalue weighted by atomic mass is 10.2. The zero-order chi connectivity index (χ0) is 18.6. The van der Waals surface area contributed by atoms with E-state index in [1.807, 2.05) is 0 Å². The van der Waals surface area contributed by atoms with Gasteiger partial charge >= 0.3 is 0 Å². The molecule has 0 atom stereocenters. The van der Waals surface area contributed by atoms with Gasteiger partial charge in [0.1, 0.15) is 10.0 Å². The van der Waals surface area contributed by atoms with Gasteiger partial charge in [-0.3, -0.25) is 0 Å². The van der Waals surface area contributed by atoms with E-state index < -0.39 is 0 Å². The Hall–Kier alpha value is -1.74. The van der Waals surface area contributed by atoms with E-state index in [4.69, 9.17) is 0 Å². The van der Waals surface area contributed by atoms with Crippen LogP contribution in [0, 0.1) is 13.8 Å². The van der Waals surface area contributed by atoms with Gasteiger partial charge in [-0.2, -0.15) is 0 Å². The average Bonchev–Trinajstić information content (AvgIpc) is 3.33. The molecule has 136 valence electrons. The first kappa shape index (κ1) is 18.6. The third-order valence-corrected chi connectivity index (χ3v) is 8.12. The minimum atomic E-state index is 0.838. The molecule has 0 radical (unpaired) electrons. The number of nitrogens with zero attached hydrogens (tertiary/aromatic N) is 4. The second kappa shape index (κ2) is 8.52. The Morgan fingerprint density at radius 2 is 1.04 bits per heavy atom. The standard InChI is InChI=1S/C19H16N4S4/c1-12-3-7-14(8-4-12)16-20-22-18(26-16)24-11-25-19-23-21-17(27-19)15-9-5-13(2)6-10-15/h3-10H,11H2,1-2H3. The topological polar surface area (TPSA) is 51.6 Å². The lowest BCUT2D eigenvalue weighted by Crippen LogP contribution is -1.77. The minimum Gasteiger partial charge on any atom is -0.137 e. The molecule has 4 aromatic rings. The average molecular weight is 429 g/mol. The summed E-state index contributed by atoms with van der Waals surface area (Å²) >= 11 is 6.63. The van der Waals surface area contributed by atoms with Gasteiger partial charge in [0.15, 0.2) is 8.68 Å². The van der Waals surface area contributed by atoms with Gasteiger partial charge in [-0.25, -0.2) is 0 Å². The Kier molecular flexibility index (Phi) is 5.87. The predicted octanol–water partition coefficient (Wildman–Crippen LogP) is 6.18. The molecule has 0 saturated heterocycles. The summed E-state index contributed by atoms with van der Waals surface area (Å²) in [6.07, 6.45) is 0. The van der Waals surface area contributed by atoms with Crippen molar-refractivity contribution in [2.75, 3.05) is 5.08 Å². The van der Waals surface area contributed by atoms with Gasteiger partial charge in [0.05, 0.1) is 5.08 Å². The molecule has 2 aromatic carbocycles. The number of aromatic nitrogens is 4. The van der Waals surface area contributed by atoms with Crippen LogP contribution in [0.15, 0.2) is 57.2 Å². The summed E-state index contributed by atoms with van der Waals surface area (Å²) in [5.74, 6) is 0. The van der Waals surface area contributed by atoms with Gasteiger partial charge in [0.2, 0.25) is 0 Å². The van der Waals surface area contributed by atoms with Crippen LogP contribution >= 0.6 is 46.2 Å². The normalized spacial score (nSPS) is 11.0. The largest absolute Gasteiger partial charge is 0.175 e. The Morgan fingerprint density at radius 3 is 1.44 bits per heavy atom. The summed E-state index contributed by atoms with van der Waals surface area (Å²) in [5, 5.41) is 20.0. The van der Waals surface area contributed by atoms with Crippen LogP contribution in [0.1, 0.15) is 11.1 Å². The summed E-state index contributed by atoms with van der Waals surface area (Å²) in [4.78, 5) is 0. The van der Waals surface area contributed by atoms with Crippen molar-refractivity contribution in [1.29, 1.82) is 0 Å². The van der Waals surface area contributed by atoms with Crippen molar-refractivity contribution >= 4 is 46.2 Å². The lowest BCUT2D eigenvalue weighted by Gasteiger charge is -1.96. The van der Waals surface area contributed by atoms with Gasteiger partial charge in [0.25, 0.3) is 0 Å².